The third kappa shape index (κ3) is 3.67. The molecule has 0 fully saturated rings. The fraction of sp³-hybridized carbons (Fsp3) is 0.250. The molecule has 25 heavy (non-hydrogen) atoms. The van der Waals surface area contributed by atoms with Crippen LogP contribution in [0.15, 0.2) is 52.9 Å². The van der Waals surface area contributed by atoms with Crippen molar-refractivity contribution in [2.45, 2.75) is 13.5 Å². The number of methoxy groups -OCH3 is 1. The Balaban J connectivity index is 1.88. The molecule has 0 spiro atoms. The molecule has 0 aliphatic heterocycles. The molecule has 3 rings (SSSR count). The minimum atomic E-state index is -0.138. The van der Waals surface area contributed by atoms with Gasteiger partial charge < -0.3 is 19.2 Å². The maximum atomic E-state index is 12.9. The zero-order valence-electron chi connectivity index (χ0n) is 14.4. The number of furan rings is 1. The van der Waals surface area contributed by atoms with Crippen molar-refractivity contribution in [1.82, 2.24) is 4.90 Å². The van der Waals surface area contributed by atoms with Gasteiger partial charge >= 0.3 is 0 Å². The monoisotopic (exact) mass is 339 g/mol. The third-order valence-corrected chi connectivity index (χ3v) is 4.10. The molecule has 5 nitrogen and oxygen atoms in total. The van der Waals surface area contributed by atoms with Crippen molar-refractivity contribution in [3.8, 4) is 5.75 Å². The van der Waals surface area contributed by atoms with Crippen molar-refractivity contribution in [2.24, 2.45) is 0 Å². The summed E-state index contributed by atoms with van der Waals surface area (Å²) in [6.45, 7) is 2.39. The molecular weight excluding hydrogens is 318 g/mol. The van der Waals surface area contributed by atoms with Gasteiger partial charge in [0.05, 0.1) is 13.7 Å². The van der Waals surface area contributed by atoms with Crippen molar-refractivity contribution in [3.05, 3.63) is 65.4 Å². The van der Waals surface area contributed by atoms with E-state index in [-0.39, 0.29) is 19.1 Å². The molecule has 2 aromatic carbocycles. The summed E-state index contributed by atoms with van der Waals surface area (Å²) in [6.07, 6.45) is 0. The van der Waals surface area contributed by atoms with Gasteiger partial charge in [-0.25, -0.2) is 0 Å². The summed E-state index contributed by atoms with van der Waals surface area (Å²) in [7, 11) is 1.60. The van der Waals surface area contributed by atoms with Crippen LogP contribution in [-0.4, -0.2) is 36.2 Å². The van der Waals surface area contributed by atoms with Gasteiger partial charge in [0.1, 0.15) is 17.1 Å². The Morgan fingerprint density at radius 2 is 2.00 bits per heavy atom. The number of ether oxygens (including phenoxy) is 1. The lowest BCUT2D eigenvalue weighted by Gasteiger charge is -2.23. The molecule has 0 bridgehead atoms. The van der Waals surface area contributed by atoms with Gasteiger partial charge in [-0.3, -0.25) is 4.79 Å². The van der Waals surface area contributed by atoms with E-state index in [2.05, 4.69) is 0 Å². The average molecular weight is 339 g/mol. The van der Waals surface area contributed by atoms with Crippen molar-refractivity contribution >= 4 is 16.9 Å². The first-order valence-corrected chi connectivity index (χ1v) is 8.14. The maximum absolute atomic E-state index is 12.9. The van der Waals surface area contributed by atoms with Crippen LogP contribution in [0.25, 0.3) is 11.0 Å². The van der Waals surface area contributed by atoms with Crippen LogP contribution in [-0.2, 0) is 6.54 Å². The topological polar surface area (TPSA) is 62.9 Å². The smallest absolute Gasteiger partial charge is 0.254 e. The molecule has 0 saturated heterocycles. The highest BCUT2D eigenvalue weighted by Crippen LogP contribution is 2.23. The van der Waals surface area contributed by atoms with Crippen LogP contribution in [0.4, 0.5) is 0 Å². The van der Waals surface area contributed by atoms with E-state index in [9.17, 15) is 9.90 Å². The molecular formula is C20H21NO4. The number of aryl methyl sites for hydroxylation is 1. The molecule has 1 aromatic heterocycles. The quantitative estimate of drug-likeness (QED) is 0.748. The van der Waals surface area contributed by atoms with Crippen molar-refractivity contribution in [2.75, 3.05) is 20.3 Å². The van der Waals surface area contributed by atoms with E-state index >= 15 is 0 Å². The molecule has 0 unspecified atom stereocenters. The van der Waals surface area contributed by atoms with Gasteiger partial charge in [-0.15, -0.1) is 0 Å². The lowest BCUT2D eigenvalue weighted by atomic mass is 10.1. The number of hydrogen-bond acceptors (Lipinski definition) is 4. The van der Waals surface area contributed by atoms with Gasteiger partial charge in [-0.1, -0.05) is 18.2 Å². The summed E-state index contributed by atoms with van der Waals surface area (Å²) in [4.78, 5) is 14.5. The first-order chi connectivity index (χ1) is 12.1. The number of benzene rings is 2. The highest BCUT2D eigenvalue weighted by atomic mass is 16.5. The van der Waals surface area contributed by atoms with Crippen molar-refractivity contribution in [1.29, 1.82) is 0 Å². The van der Waals surface area contributed by atoms with Gasteiger partial charge in [-0.05, 0) is 37.3 Å². The Labute approximate surface area is 146 Å². The van der Waals surface area contributed by atoms with Crippen LogP contribution in [0.5, 0.6) is 5.75 Å². The minimum absolute atomic E-state index is 0.103. The molecule has 3 aromatic rings. The molecule has 0 aliphatic rings. The summed E-state index contributed by atoms with van der Waals surface area (Å²) >= 11 is 0. The normalized spacial score (nSPS) is 10.8. The van der Waals surface area contributed by atoms with Crippen LogP contribution >= 0.6 is 0 Å². The van der Waals surface area contributed by atoms with E-state index in [4.69, 9.17) is 9.15 Å². The minimum Gasteiger partial charge on any atom is -0.496 e. The van der Waals surface area contributed by atoms with Gasteiger partial charge in [0.15, 0.2) is 0 Å². The molecule has 1 heterocycles. The fourth-order valence-electron chi connectivity index (χ4n) is 2.90. The number of carbonyl (C=O) groups is 1. The SMILES string of the molecule is COc1ccccc1CN(CCO)C(=O)c1ccc2oc(C)cc2c1. The lowest BCUT2D eigenvalue weighted by molar-refractivity contribution is 0.0707. The summed E-state index contributed by atoms with van der Waals surface area (Å²) in [5.41, 5.74) is 2.22. The van der Waals surface area contributed by atoms with E-state index in [1.807, 2.05) is 43.3 Å². The Bertz CT molecular complexity index is 884. The molecule has 0 aliphatic carbocycles. The van der Waals surface area contributed by atoms with E-state index < -0.39 is 0 Å². The number of hydrogen-bond donors (Lipinski definition) is 1. The highest BCUT2D eigenvalue weighted by Gasteiger charge is 2.18. The van der Waals surface area contributed by atoms with E-state index in [1.165, 1.54) is 0 Å². The molecule has 1 amide bonds. The van der Waals surface area contributed by atoms with Gasteiger partial charge in [-0.2, -0.15) is 0 Å². The predicted molar refractivity (Wildman–Crippen MR) is 95.8 cm³/mol. The second kappa shape index (κ2) is 7.40. The van der Waals surface area contributed by atoms with Crippen LogP contribution < -0.4 is 4.74 Å². The second-order valence-electron chi connectivity index (χ2n) is 5.87. The fourth-order valence-corrected chi connectivity index (χ4v) is 2.90. The number of carbonyl (C=O) groups excluding carboxylic acids is 1. The number of para-hydroxylation sites is 1. The molecule has 5 heteroatoms. The number of amides is 1. The van der Waals surface area contributed by atoms with Crippen LogP contribution in [0.1, 0.15) is 21.7 Å². The highest BCUT2D eigenvalue weighted by molar-refractivity contribution is 5.97. The largest absolute Gasteiger partial charge is 0.496 e. The zero-order chi connectivity index (χ0) is 17.8. The van der Waals surface area contributed by atoms with Gasteiger partial charge in [0, 0.05) is 29.6 Å². The van der Waals surface area contributed by atoms with Gasteiger partial charge in [0.2, 0.25) is 0 Å². The first-order valence-electron chi connectivity index (χ1n) is 8.14. The number of aliphatic hydroxyl groups excluding tert-OH is 1. The van der Waals surface area contributed by atoms with Crippen LogP contribution in [0.3, 0.4) is 0 Å². The Kier molecular flexibility index (Phi) is 5.05. The number of fused-ring (bicyclic) bond motifs is 1. The third-order valence-electron chi connectivity index (χ3n) is 4.10. The molecule has 130 valence electrons. The molecule has 0 radical (unpaired) electrons. The Morgan fingerprint density at radius 3 is 2.76 bits per heavy atom. The maximum Gasteiger partial charge on any atom is 0.254 e. The summed E-state index contributed by atoms with van der Waals surface area (Å²) in [6, 6.07) is 14.8. The number of aliphatic hydroxyl groups is 1. The van der Waals surface area contributed by atoms with E-state index in [0.29, 0.717) is 12.1 Å². The zero-order valence-corrected chi connectivity index (χ0v) is 14.4. The number of nitrogens with zero attached hydrogens (tertiary/aromatic N) is 1. The van der Waals surface area contributed by atoms with Crippen LogP contribution in [0, 0.1) is 6.92 Å². The predicted octanol–water partition coefficient (Wildman–Crippen LogP) is 3.38. The van der Waals surface area contributed by atoms with E-state index in [0.717, 1.165) is 28.0 Å². The van der Waals surface area contributed by atoms with Gasteiger partial charge in [0.25, 0.3) is 5.91 Å². The first kappa shape index (κ1) is 17.0. The van der Waals surface area contributed by atoms with Crippen molar-refractivity contribution < 1.29 is 19.1 Å². The summed E-state index contributed by atoms with van der Waals surface area (Å²) < 4.78 is 10.9. The number of rotatable bonds is 6. The Hall–Kier alpha value is -2.79. The lowest BCUT2D eigenvalue weighted by Crippen LogP contribution is -2.33. The summed E-state index contributed by atoms with van der Waals surface area (Å²) in [5, 5.41) is 10.3. The van der Waals surface area contributed by atoms with E-state index in [1.54, 1.807) is 24.1 Å². The standard InChI is InChI=1S/C20H21NO4/c1-14-11-17-12-15(7-8-19(17)25-14)20(23)21(9-10-22)13-16-5-3-4-6-18(16)24-2/h3-8,11-12,22H,9-10,13H2,1-2H3. The molecule has 1 N–H and O–H groups in total. The second-order valence-corrected chi connectivity index (χ2v) is 5.87. The molecule has 0 saturated carbocycles. The van der Waals surface area contributed by atoms with Crippen LogP contribution in [0.2, 0.25) is 0 Å². The Morgan fingerprint density at radius 1 is 1.20 bits per heavy atom. The van der Waals surface area contributed by atoms with Crippen molar-refractivity contribution in [3.63, 3.8) is 0 Å². The summed E-state index contributed by atoms with van der Waals surface area (Å²) in [5.74, 6) is 1.39. The molecule has 0 atom stereocenters. The average Bonchev–Trinajstić information content (AvgIpc) is 3.00.